The molecular formula is C19H11N5O2S. The highest BCUT2D eigenvalue weighted by Gasteiger charge is 2.15. The fourth-order valence-electron chi connectivity index (χ4n) is 2.33. The van der Waals surface area contributed by atoms with Crippen LogP contribution in [0.1, 0.15) is 0 Å². The predicted octanol–water partition coefficient (Wildman–Crippen LogP) is 4.73. The molecule has 0 bridgehead atoms. The minimum atomic E-state index is -0.481. The number of nitriles is 2. The van der Waals surface area contributed by atoms with Crippen LogP contribution in [0.5, 0.6) is 0 Å². The highest BCUT2D eigenvalue weighted by atomic mass is 32.1. The Morgan fingerprint density at radius 3 is 2.59 bits per heavy atom. The molecule has 0 saturated heterocycles. The van der Waals surface area contributed by atoms with E-state index in [0.29, 0.717) is 16.3 Å². The Morgan fingerprint density at radius 2 is 1.93 bits per heavy atom. The van der Waals surface area contributed by atoms with Gasteiger partial charge in [0.2, 0.25) is 0 Å². The second-order valence-corrected chi connectivity index (χ2v) is 6.17. The lowest BCUT2D eigenvalue weighted by Crippen LogP contribution is -1.95. The van der Waals surface area contributed by atoms with E-state index in [9.17, 15) is 10.1 Å². The molecule has 130 valence electrons. The second kappa shape index (κ2) is 7.91. The predicted molar refractivity (Wildman–Crippen MR) is 103 cm³/mol. The molecule has 0 fully saturated rings. The van der Waals surface area contributed by atoms with Crippen LogP contribution < -0.4 is 5.32 Å². The van der Waals surface area contributed by atoms with Crippen molar-refractivity contribution in [1.82, 2.24) is 4.98 Å². The SMILES string of the molecule is N#CC(C#N)=CNc1ccc([N+](=O)[O-])cc1-c1nc(-c2ccccc2)cs1. The van der Waals surface area contributed by atoms with E-state index < -0.39 is 4.92 Å². The maximum atomic E-state index is 11.2. The maximum Gasteiger partial charge on any atom is 0.270 e. The minimum absolute atomic E-state index is 0.0724. The Labute approximate surface area is 158 Å². The zero-order valence-electron chi connectivity index (χ0n) is 13.8. The zero-order chi connectivity index (χ0) is 19.2. The van der Waals surface area contributed by atoms with E-state index in [-0.39, 0.29) is 11.3 Å². The first-order valence-corrected chi connectivity index (χ1v) is 8.57. The topological polar surface area (TPSA) is 116 Å². The molecule has 3 aromatic rings. The number of nitro benzene ring substituents is 1. The standard InChI is InChI=1S/C19H11N5O2S/c20-9-13(10-21)11-22-17-7-6-15(24(25)26)8-16(17)19-23-18(12-27-19)14-4-2-1-3-5-14/h1-8,11-12,22H. The van der Waals surface area contributed by atoms with Crippen LogP contribution >= 0.6 is 11.3 Å². The molecule has 1 aromatic heterocycles. The fourth-order valence-corrected chi connectivity index (χ4v) is 3.19. The van der Waals surface area contributed by atoms with Crippen LogP contribution in [0.2, 0.25) is 0 Å². The van der Waals surface area contributed by atoms with Gasteiger partial charge in [0, 0.05) is 40.5 Å². The Kier molecular flexibility index (Phi) is 5.22. The molecule has 8 heteroatoms. The van der Waals surface area contributed by atoms with Gasteiger partial charge in [0.05, 0.1) is 10.6 Å². The summed E-state index contributed by atoms with van der Waals surface area (Å²) in [5.74, 6) is 0. The maximum absolute atomic E-state index is 11.2. The van der Waals surface area contributed by atoms with Crippen molar-refractivity contribution >= 4 is 22.7 Å². The molecule has 0 aliphatic heterocycles. The summed E-state index contributed by atoms with van der Waals surface area (Å²) in [5.41, 5.74) is 2.55. The third-order valence-electron chi connectivity index (χ3n) is 3.63. The number of non-ortho nitro benzene ring substituents is 1. The Bertz CT molecular complexity index is 1090. The third kappa shape index (κ3) is 3.98. The number of nitrogens with one attached hydrogen (secondary N) is 1. The molecule has 2 aromatic carbocycles. The summed E-state index contributed by atoms with van der Waals surface area (Å²) in [6.45, 7) is 0. The number of nitrogens with zero attached hydrogens (tertiary/aromatic N) is 4. The van der Waals surface area contributed by atoms with Gasteiger partial charge in [-0.05, 0) is 6.07 Å². The van der Waals surface area contributed by atoms with Gasteiger partial charge in [0.15, 0.2) is 0 Å². The molecule has 1 N–H and O–H groups in total. The summed E-state index contributed by atoms with van der Waals surface area (Å²) in [7, 11) is 0. The molecule has 3 rings (SSSR count). The lowest BCUT2D eigenvalue weighted by Gasteiger charge is -2.07. The molecule has 0 spiro atoms. The van der Waals surface area contributed by atoms with Crippen molar-refractivity contribution in [3.8, 4) is 34.0 Å². The minimum Gasteiger partial charge on any atom is -0.359 e. The summed E-state index contributed by atoms with van der Waals surface area (Å²) in [6, 6.07) is 17.4. The summed E-state index contributed by atoms with van der Waals surface area (Å²) in [4.78, 5) is 15.3. The van der Waals surface area contributed by atoms with E-state index >= 15 is 0 Å². The average Bonchev–Trinajstić information content (AvgIpc) is 3.19. The van der Waals surface area contributed by atoms with Crippen molar-refractivity contribution in [3.05, 3.63) is 75.8 Å². The Hall–Kier alpha value is -4.01. The zero-order valence-corrected chi connectivity index (χ0v) is 14.6. The largest absolute Gasteiger partial charge is 0.359 e. The molecule has 0 amide bonds. The van der Waals surface area contributed by atoms with E-state index in [0.717, 1.165) is 11.3 Å². The number of hydrogen-bond donors (Lipinski definition) is 1. The highest BCUT2D eigenvalue weighted by Crippen LogP contribution is 2.35. The highest BCUT2D eigenvalue weighted by molar-refractivity contribution is 7.13. The van der Waals surface area contributed by atoms with E-state index in [1.807, 2.05) is 35.7 Å². The van der Waals surface area contributed by atoms with Crippen LogP contribution in [-0.2, 0) is 0 Å². The summed E-state index contributed by atoms with van der Waals surface area (Å²) in [5, 5.41) is 34.2. The third-order valence-corrected chi connectivity index (χ3v) is 4.51. The van der Waals surface area contributed by atoms with Gasteiger partial charge < -0.3 is 5.32 Å². The number of rotatable bonds is 5. The normalized spacial score (nSPS) is 9.70. The van der Waals surface area contributed by atoms with Crippen LogP contribution in [0.3, 0.4) is 0 Å². The van der Waals surface area contributed by atoms with Gasteiger partial charge in [0.25, 0.3) is 5.69 Å². The molecular weight excluding hydrogens is 362 g/mol. The molecule has 0 aliphatic carbocycles. The van der Waals surface area contributed by atoms with Crippen LogP contribution in [0, 0.1) is 32.8 Å². The molecule has 0 aliphatic rings. The van der Waals surface area contributed by atoms with Gasteiger partial charge >= 0.3 is 0 Å². The Morgan fingerprint density at radius 1 is 1.19 bits per heavy atom. The summed E-state index contributed by atoms with van der Waals surface area (Å²) in [6.07, 6.45) is 1.26. The molecule has 1 heterocycles. The molecule has 0 atom stereocenters. The van der Waals surface area contributed by atoms with Crippen molar-refractivity contribution < 1.29 is 4.92 Å². The van der Waals surface area contributed by atoms with E-state index in [1.165, 1.54) is 35.7 Å². The number of hydrogen-bond acceptors (Lipinski definition) is 7. The van der Waals surface area contributed by atoms with Crippen molar-refractivity contribution in [2.75, 3.05) is 5.32 Å². The fraction of sp³-hybridized carbons (Fsp3) is 0. The smallest absolute Gasteiger partial charge is 0.270 e. The summed E-state index contributed by atoms with van der Waals surface area (Å²) >= 11 is 1.35. The van der Waals surface area contributed by atoms with Crippen molar-refractivity contribution in [2.45, 2.75) is 0 Å². The average molecular weight is 373 g/mol. The van der Waals surface area contributed by atoms with Crippen LogP contribution in [0.4, 0.5) is 11.4 Å². The molecule has 0 radical (unpaired) electrons. The number of nitro groups is 1. The van der Waals surface area contributed by atoms with Crippen LogP contribution in [0.25, 0.3) is 21.8 Å². The molecule has 0 unspecified atom stereocenters. The Balaban J connectivity index is 2.05. The second-order valence-electron chi connectivity index (χ2n) is 5.32. The number of aromatic nitrogens is 1. The number of benzene rings is 2. The van der Waals surface area contributed by atoms with Gasteiger partial charge in [-0.3, -0.25) is 10.1 Å². The van der Waals surface area contributed by atoms with Gasteiger partial charge in [-0.15, -0.1) is 11.3 Å². The monoisotopic (exact) mass is 373 g/mol. The first-order chi connectivity index (χ1) is 13.1. The van der Waals surface area contributed by atoms with Gasteiger partial charge in [-0.25, -0.2) is 4.98 Å². The van der Waals surface area contributed by atoms with Crippen molar-refractivity contribution in [2.24, 2.45) is 0 Å². The van der Waals surface area contributed by atoms with Gasteiger partial charge in [0.1, 0.15) is 22.7 Å². The van der Waals surface area contributed by atoms with Gasteiger partial charge in [-0.2, -0.15) is 10.5 Å². The number of thiazole rings is 1. The first kappa shape index (κ1) is 17.8. The van der Waals surface area contributed by atoms with E-state index in [2.05, 4.69) is 10.3 Å². The van der Waals surface area contributed by atoms with Gasteiger partial charge in [-0.1, -0.05) is 30.3 Å². The van der Waals surface area contributed by atoms with Crippen molar-refractivity contribution in [3.63, 3.8) is 0 Å². The lowest BCUT2D eigenvalue weighted by atomic mass is 10.1. The van der Waals surface area contributed by atoms with E-state index in [4.69, 9.17) is 10.5 Å². The first-order valence-electron chi connectivity index (χ1n) is 7.69. The number of allylic oxidation sites excluding steroid dienone is 1. The molecule has 7 nitrogen and oxygen atoms in total. The quantitative estimate of drug-likeness (QED) is 0.393. The van der Waals surface area contributed by atoms with Crippen LogP contribution in [0.15, 0.2) is 65.7 Å². The summed E-state index contributed by atoms with van der Waals surface area (Å²) < 4.78 is 0. The number of anilines is 1. The lowest BCUT2D eigenvalue weighted by molar-refractivity contribution is -0.384. The molecule has 0 saturated carbocycles. The van der Waals surface area contributed by atoms with E-state index in [1.54, 1.807) is 12.1 Å². The van der Waals surface area contributed by atoms with Crippen molar-refractivity contribution in [1.29, 1.82) is 10.5 Å². The van der Waals surface area contributed by atoms with Crippen LogP contribution in [-0.4, -0.2) is 9.91 Å². The molecule has 27 heavy (non-hydrogen) atoms.